The predicted octanol–water partition coefficient (Wildman–Crippen LogP) is 4.26. The van der Waals surface area contributed by atoms with Gasteiger partial charge >= 0.3 is 12.1 Å². The van der Waals surface area contributed by atoms with E-state index >= 15 is 0 Å². The molecule has 2 aliphatic rings. The average Bonchev–Trinajstić information content (AvgIpc) is 3.27. The Morgan fingerprint density at radius 1 is 0.615 bits per heavy atom. The molecular formula is C29H48N4O6. The Kier molecular flexibility index (Phi) is 11.7. The molecule has 10 heteroatoms. The van der Waals surface area contributed by atoms with Crippen LogP contribution in [-0.4, -0.2) is 94.3 Å². The molecule has 2 aliphatic heterocycles. The number of carbonyl (C=O) groups excluding carboxylic acids is 6. The monoisotopic (exact) mass is 548 g/mol. The third kappa shape index (κ3) is 9.72. The van der Waals surface area contributed by atoms with Crippen LogP contribution in [0, 0.1) is 10.8 Å². The molecule has 0 saturated carbocycles. The quantitative estimate of drug-likeness (QED) is 0.236. The Balaban J connectivity index is 1.60. The van der Waals surface area contributed by atoms with Crippen molar-refractivity contribution in [3.05, 3.63) is 0 Å². The van der Waals surface area contributed by atoms with Crippen molar-refractivity contribution in [2.24, 2.45) is 10.8 Å². The van der Waals surface area contributed by atoms with E-state index in [0.717, 1.165) is 12.8 Å². The summed E-state index contributed by atoms with van der Waals surface area (Å²) in [5.41, 5.74) is -0.548. The van der Waals surface area contributed by atoms with Gasteiger partial charge in [0.1, 0.15) is 24.7 Å². The van der Waals surface area contributed by atoms with E-state index in [1.165, 1.54) is 19.6 Å². The fourth-order valence-electron chi connectivity index (χ4n) is 5.27. The number of Topliss-reactive ketones (excluding diaryl/α,β-unsaturated/α-hetero) is 2. The summed E-state index contributed by atoms with van der Waals surface area (Å²) in [6.07, 6.45) is 4.96. The second-order valence-corrected chi connectivity index (χ2v) is 12.5. The lowest BCUT2D eigenvalue weighted by molar-refractivity contribution is -0.127. The smallest absolute Gasteiger partial charge is 0.315 e. The summed E-state index contributed by atoms with van der Waals surface area (Å²) in [5, 5.41) is 0. The lowest BCUT2D eigenvalue weighted by Gasteiger charge is -2.29. The first kappa shape index (κ1) is 32.4. The molecular weight excluding hydrogens is 500 g/mol. The first-order valence-corrected chi connectivity index (χ1v) is 14.4. The summed E-state index contributed by atoms with van der Waals surface area (Å²) >= 11 is 0. The van der Waals surface area contributed by atoms with Crippen molar-refractivity contribution in [1.82, 2.24) is 19.6 Å². The fraction of sp³-hybridized carbons (Fsp3) is 0.793. The van der Waals surface area contributed by atoms with Crippen LogP contribution in [0.2, 0.25) is 0 Å². The number of amides is 6. The SMILES string of the molecule is CCN1CC(=O)N(CC(C)(C)CCCC(=O)CCCC(=O)CCCC(C)(C)CN2C(=O)CN(CC)C2=O)C1=O. The largest absolute Gasteiger partial charge is 0.327 e. The van der Waals surface area contributed by atoms with Gasteiger partial charge in [0.15, 0.2) is 0 Å². The van der Waals surface area contributed by atoms with Crippen molar-refractivity contribution in [1.29, 1.82) is 0 Å². The van der Waals surface area contributed by atoms with Crippen molar-refractivity contribution in [3.63, 3.8) is 0 Å². The molecule has 0 aromatic heterocycles. The van der Waals surface area contributed by atoms with Crippen LogP contribution >= 0.6 is 0 Å². The molecule has 0 bridgehead atoms. The second kappa shape index (κ2) is 14.0. The first-order chi connectivity index (χ1) is 18.2. The number of hydrogen-bond donors (Lipinski definition) is 0. The predicted molar refractivity (Wildman–Crippen MR) is 148 cm³/mol. The molecule has 0 aromatic rings. The van der Waals surface area contributed by atoms with Crippen molar-refractivity contribution in [2.75, 3.05) is 39.3 Å². The van der Waals surface area contributed by atoms with Crippen molar-refractivity contribution < 1.29 is 28.8 Å². The lowest BCUT2D eigenvalue weighted by Crippen LogP contribution is -2.39. The van der Waals surface area contributed by atoms with Gasteiger partial charge in [0, 0.05) is 51.9 Å². The highest BCUT2D eigenvalue weighted by atomic mass is 16.2. The van der Waals surface area contributed by atoms with E-state index in [1.54, 1.807) is 0 Å². The normalized spacial score (nSPS) is 16.8. The Labute approximate surface area is 233 Å². The fourth-order valence-corrected chi connectivity index (χ4v) is 5.27. The number of imide groups is 2. The van der Waals surface area contributed by atoms with Crippen LogP contribution in [-0.2, 0) is 19.2 Å². The van der Waals surface area contributed by atoms with Crippen LogP contribution in [0.15, 0.2) is 0 Å². The van der Waals surface area contributed by atoms with Gasteiger partial charge in [-0.3, -0.25) is 29.0 Å². The van der Waals surface area contributed by atoms with Gasteiger partial charge in [-0.05, 0) is 56.8 Å². The van der Waals surface area contributed by atoms with Gasteiger partial charge in [0.25, 0.3) is 0 Å². The van der Waals surface area contributed by atoms with Crippen LogP contribution < -0.4 is 0 Å². The zero-order chi connectivity index (χ0) is 29.4. The number of nitrogens with zero attached hydrogens (tertiary/aromatic N) is 4. The highest BCUT2D eigenvalue weighted by Crippen LogP contribution is 2.28. The van der Waals surface area contributed by atoms with E-state index in [-0.39, 0.29) is 59.4 Å². The molecule has 0 spiro atoms. The molecule has 0 aliphatic carbocycles. The molecule has 0 aromatic carbocycles. The number of hydrogen-bond acceptors (Lipinski definition) is 6. The standard InChI is InChI=1S/C29H48N4O6/c1-7-30-18-24(36)32(26(30)38)20-28(3,4)16-10-14-22(34)12-9-13-23(35)15-11-17-29(5,6)21-33-25(37)19-31(8-2)27(33)39/h7-21H2,1-6H3. The molecule has 0 unspecified atom stereocenters. The van der Waals surface area contributed by atoms with E-state index in [0.29, 0.717) is 71.1 Å². The summed E-state index contributed by atoms with van der Waals surface area (Å²) in [6.45, 7) is 13.7. The summed E-state index contributed by atoms with van der Waals surface area (Å²) < 4.78 is 0. The zero-order valence-electron chi connectivity index (χ0n) is 24.8. The lowest BCUT2D eigenvalue weighted by atomic mass is 9.85. The maximum absolute atomic E-state index is 12.3. The summed E-state index contributed by atoms with van der Waals surface area (Å²) in [6, 6.07) is -0.472. The van der Waals surface area contributed by atoms with Gasteiger partial charge in [0.05, 0.1) is 0 Å². The second-order valence-electron chi connectivity index (χ2n) is 12.5. The molecule has 0 N–H and O–H groups in total. The average molecular weight is 549 g/mol. The van der Waals surface area contributed by atoms with Gasteiger partial charge in [-0.1, -0.05) is 27.7 Å². The minimum atomic E-state index is -0.274. The van der Waals surface area contributed by atoms with Crippen molar-refractivity contribution >= 4 is 35.4 Å². The number of likely N-dealkylation sites (N-methyl/N-ethyl adjacent to an activating group) is 2. The number of ketones is 2. The summed E-state index contributed by atoms with van der Waals surface area (Å²) in [7, 11) is 0. The zero-order valence-corrected chi connectivity index (χ0v) is 24.8. The van der Waals surface area contributed by atoms with Crippen LogP contribution in [0.4, 0.5) is 9.59 Å². The van der Waals surface area contributed by atoms with E-state index in [4.69, 9.17) is 0 Å². The number of carbonyl (C=O) groups is 6. The van der Waals surface area contributed by atoms with Crippen LogP contribution in [0.1, 0.15) is 99.3 Å². The Bertz CT molecular complexity index is 870. The van der Waals surface area contributed by atoms with Gasteiger partial charge < -0.3 is 9.80 Å². The maximum Gasteiger partial charge on any atom is 0.327 e. The van der Waals surface area contributed by atoms with Crippen LogP contribution in [0.3, 0.4) is 0 Å². The molecule has 10 nitrogen and oxygen atoms in total. The maximum atomic E-state index is 12.3. The third-order valence-electron chi connectivity index (χ3n) is 7.72. The van der Waals surface area contributed by atoms with E-state index in [2.05, 4.69) is 0 Å². The van der Waals surface area contributed by atoms with Gasteiger partial charge in [0.2, 0.25) is 11.8 Å². The van der Waals surface area contributed by atoms with E-state index in [9.17, 15) is 28.8 Å². The Morgan fingerprint density at radius 2 is 0.949 bits per heavy atom. The molecule has 2 heterocycles. The third-order valence-corrected chi connectivity index (χ3v) is 7.72. The van der Waals surface area contributed by atoms with Crippen LogP contribution in [0.25, 0.3) is 0 Å². The molecule has 220 valence electrons. The molecule has 2 rings (SSSR count). The van der Waals surface area contributed by atoms with Gasteiger partial charge in [-0.15, -0.1) is 0 Å². The molecule has 0 radical (unpaired) electrons. The molecule has 0 atom stereocenters. The van der Waals surface area contributed by atoms with Gasteiger partial charge in [-0.25, -0.2) is 9.59 Å². The molecule has 2 fully saturated rings. The van der Waals surface area contributed by atoms with E-state index in [1.807, 2.05) is 41.5 Å². The van der Waals surface area contributed by atoms with E-state index < -0.39 is 0 Å². The Hall–Kier alpha value is -2.78. The first-order valence-electron chi connectivity index (χ1n) is 14.4. The van der Waals surface area contributed by atoms with Crippen molar-refractivity contribution in [3.8, 4) is 0 Å². The highest BCUT2D eigenvalue weighted by Gasteiger charge is 2.39. The van der Waals surface area contributed by atoms with Crippen LogP contribution in [0.5, 0.6) is 0 Å². The number of urea groups is 2. The summed E-state index contributed by atoms with van der Waals surface area (Å²) in [4.78, 5) is 79.4. The molecule has 2 saturated heterocycles. The molecule has 6 amide bonds. The number of rotatable bonds is 18. The highest BCUT2D eigenvalue weighted by molar-refractivity contribution is 6.02. The summed E-state index contributed by atoms with van der Waals surface area (Å²) in [5.74, 6) is -0.0729. The minimum absolute atomic E-state index is 0.131. The topological polar surface area (TPSA) is 115 Å². The van der Waals surface area contributed by atoms with Gasteiger partial charge in [-0.2, -0.15) is 0 Å². The minimum Gasteiger partial charge on any atom is -0.315 e. The Morgan fingerprint density at radius 3 is 1.26 bits per heavy atom. The van der Waals surface area contributed by atoms with Crippen molar-refractivity contribution in [2.45, 2.75) is 99.3 Å². The molecule has 39 heavy (non-hydrogen) atoms.